The summed E-state index contributed by atoms with van der Waals surface area (Å²) >= 11 is 5.96. The van der Waals surface area contributed by atoms with Gasteiger partial charge < -0.3 is 9.67 Å². The number of nitrogens with zero attached hydrogens (tertiary/aromatic N) is 3. The van der Waals surface area contributed by atoms with E-state index in [9.17, 15) is 19.5 Å². The molecule has 0 aliphatic carbocycles. The van der Waals surface area contributed by atoms with Crippen molar-refractivity contribution in [2.75, 3.05) is 4.90 Å². The zero-order chi connectivity index (χ0) is 20.5. The van der Waals surface area contributed by atoms with Crippen molar-refractivity contribution in [3.63, 3.8) is 0 Å². The van der Waals surface area contributed by atoms with Gasteiger partial charge in [-0.1, -0.05) is 23.7 Å². The number of aliphatic imine (C=N–C) groups is 1. The SMILES string of the molecule is O=C(O)c1cccc(-n2cccc2CC2=NC(=O)N(c3cccc(Cl)c3)C2=O)c1. The number of rotatable bonds is 5. The summed E-state index contributed by atoms with van der Waals surface area (Å²) in [5.74, 6) is -1.54. The predicted octanol–water partition coefficient (Wildman–Crippen LogP) is 3.98. The van der Waals surface area contributed by atoms with Gasteiger partial charge in [-0.3, -0.25) is 4.79 Å². The maximum absolute atomic E-state index is 12.8. The molecule has 0 unspecified atom stereocenters. The molecule has 3 aromatic rings. The van der Waals surface area contributed by atoms with Crippen molar-refractivity contribution in [3.05, 3.63) is 83.1 Å². The Balaban J connectivity index is 1.62. The summed E-state index contributed by atoms with van der Waals surface area (Å²) < 4.78 is 1.76. The standard InChI is InChI=1S/C21H14ClN3O4/c22-14-5-2-7-17(11-14)25-19(26)18(23-21(25)29)12-16-8-3-9-24(16)15-6-1-4-13(10-15)20(27)28/h1-11H,12H2,(H,27,28). The molecule has 2 heterocycles. The fourth-order valence-corrected chi connectivity index (χ4v) is 3.34. The van der Waals surface area contributed by atoms with E-state index in [1.165, 1.54) is 18.2 Å². The van der Waals surface area contributed by atoms with Gasteiger partial charge in [-0.25, -0.2) is 14.5 Å². The van der Waals surface area contributed by atoms with Gasteiger partial charge in [0.2, 0.25) is 0 Å². The zero-order valence-corrected chi connectivity index (χ0v) is 15.7. The Morgan fingerprint density at radius 1 is 1.00 bits per heavy atom. The number of hydrogen-bond donors (Lipinski definition) is 1. The summed E-state index contributed by atoms with van der Waals surface area (Å²) in [4.78, 5) is 41.2. The van der Waals surface area contributed by atoms with Gasteiger partial charge in [-0.2, -0.15) is 4.99 Å². The Bertz CT molecular complexity index is 1180. The summed E-state index contributed by atoms with van der Waals surface area (Å²) in [6.45, 7) is 0. The molecule has 1 aliphatic heterocycles. The molecule has 3 amide bonds. The Labute approximate surface area is 170 Å². The van der Waals surface area contributed by atoms with E-state index in [2.05, 4.69) is 4.99 Å². The van der Waals surface area contributed by atoms with Crippen LogP contribution in [0.2, 0.25) is 5.02 Å². The van der Waals surface area contributed by atoms with E-state index in [1.807, 2.05) is 0 Å². The first kappa shape index (κ1) is 18.6. The molecule has 4 rings (SSSR count). The van der Waals surface area contributed by atoms with Crippen LogP contribution in [0.3, 0.4) is 0 Å². The molecule has 1 aliphatic rings. The minimum Gasteiger partial charge on any atom is -0.478 e. The molecular weight excluding hydrogens is 394 g/mol. The maximum atomic E-state index is 12.8. The monoisotopic (exact) mass is 407 g/mol. The van der Waals surface area contributed by atoms with E-state index in [4.69, 9.17) is 11.6 Å². The number of anilines is 1. The number of urea groups is 1. The molecule has 0 saturated heterocycles. The van der Waals surface area contributed by atoms with Crippen LogP contribution < -0.4 is 4.90 Å². The Kier molecular flexibility index (Phi) is 4.74. The number of carboxylic acids is 1. The molecule has 2 aromatic carbocycles. The first-order valence-electron chi connectivity index (χ1n) is 8.65. The molecule has 8 heteroatoms. The molecule has 29 heavy (non-hydrogen) atoms. The minimum absolute atomic E-state index is 0.101. The number of aromatic nitrogens is 1. The van der Waals surface area contributed by atoms with E-state index in [1.54, 1.807) is 53.2 Å². The number of amides is 3. The molecule has 0 radical (unpaired) electrons. The first-order chi connectivity index (χ1) is 13.9. The smallest absolute Gasteiger partial charge is 0.355 e. The zero-order valence-electron chi connectivity index (χ0n) is 14.9. The number of imide groups is 1. The van der Waals surface area contributed by atoms with E-state index in [0.717, 1.165) is 4.90 Å². The average Bonchev–Trinajstić information content (AvgIpc) is 3.26. The Morgan fingerprint density at radius 3 is 2.52 bits per heavy atom. The lowest BCUT2D eigenvalue weighted by Crippen LogP contribution is -2.33. The molecule has 7 nitrogen and oxygen atoms in total. The molecule has 0 spiro atoms. The summed E-state index contributed by atoms with van der Waals surface area (Å²) in [5.41, 5.74) is 1.94. The second-order valence-electron chi connectivity index (χ2n) is 6.36. The number of hydrogen-bond acceptors (Lipinski definition) is 3. The summed E-state index contributed by atoms with van der Waals surface area (Å²) in [6.07, 6.45) is 1.87. The summed E-state index contributed by atoms with van der Waals surface area (Å²) in [7, 11) is 0. The molecule has 0 fully saturated rings. The minimum atomic E-state index is -1.03. The van der Waals surface area contributed by atoms with Crippen LogP contribution in [0.15, 0.2) is 71.9 Å². The molecule has 1 aromatic heterocycles. The number of halogens is 1. The van der Waals surface area contributed by atoms with Crippen molar-refractivity contribution in [2.45, 2.75) is 6.42 Å². The van der Waals surface area contributed by atoms with Crippen LogP contribution >= 0.6 is 11.6 Å². The lowest BCUT2D eigenvalue weighted by atomic mass is 10.1. The van der Waals surface area contributed by atoms with Crippen molar-refractivity contribution >= 4 is 40.9 Å². The largest absolute Gasteiger partial charge is 0.478 e. The second-order valence-corrected chi connectivity index (χ2v) is 6.80. The van der Waals surface area contributed by atoms with Crippen molar-refractivity contribution < 1.29 is 19.5 Å². The highest BCUT2D eigenvalue weighted by atomic mass is 35.5. The van der Waals surface area contributed by atoms with Crippen LogP contribution in [-0.4, -0.2) is 33.3 Å². The topological polar surface area (TPSA) is 92.0 Å². The van der Waals surface area contributed by atoms with Gasteiger partial charge in [0.1, 0.15) is 5.71 Å². The lowest BCUT2D eigenvalue weighted by Gasteiger charge is -2.13. The van der Waals surface area contributed by atoms with Gasteiger partial charge in [0.05, 0.1) is 11.3 Å². The van der Waals surface area contributed by atoms with Gasteiger partial charge >= 0.3 is 12.0 Å². The molecule has 1 N–H and O–H groups in total. The van der Waals surface area contributed by atoms with Crippen LogP contribution in [0.25, 0.3) is 5.69 Å². The Morgan fingerprint density at radius 2 is 1.76 bits per heavy atom. The van der Waals surface area contributed by atoms with Gasteiger partial charge in [-0.15, -0.1) is 0 Å². The molecule has 0 bridgehead atoms. The van der Waals surface area contributed by atoms with Gasteiger partial charge in [0, 0.05) is 29.0 Å². The van der Waals surface area contributed by atoms with Crippen LogP contribution in [-0.2, 0) is 11.2 Å². The number of carboxylic acid groups (broad SMARTS) is 1. The quantitative estimate of drug-likeness (QED) is 0.692. The summed E-state index contributed by atoms with van der Waals surface area (Å²) in [5, 5.41) is 9.61. The van der Waals surface area contributed by atoms with Crippen molar-refractivity contribution in [1.29, 1.82) is 0 Å². The third kappa shape index (κ3) is 3.55. The van der Waals surface area contributed by atoms with E-state index in [-0.39, 0.29) is 17.7 Å². The molecule has 144 valence electrons. The van der Waals surface area contributed by atoms with Gasteiger partial charge in [0.25, 0.3) is 5.91 Å². The molecular formula is C21H14ClN3O4. The number of benzene rings is 2. The number of aromatic carboxylic acids is 1. The number of carbonyl (C=O) groups excluding carboxylic acids is 2. The van der Waals surface area contributed by atoms with Crippen molar-refractivity contribution in [2.24, 2.45) is 4.99 Å². The average molecular weight is 408 g/mol. The third-order valence-electron chi connectivity index (χ3n) is 4.49. The van der Waals surface area contributed by atoms with Crippen LogP contribution in [0.1, 0.15) is 16.1 Å². The van der Waals surface area contributed by atoms with Crippen LogP contribution in [0.5, 0.6) is 0 Å². The van der Waals surface area contributed by atoms with E-state index in [0.29, 0.717) is 22.1 Å². The maximum Gasteiger partial charge on any atom is 0.355 e. The lowest BCUT2D eigenvalue weighted by molar-refractivity contribution is -0.111. The highest BCUT2D eigenvalue weighted by Gasteiger charge is 2.34. The highest BCUT2D eigenvalue weighted by molar-refractivity contribution is 6.54. The van der Waals surface area contributed by atoms with Gasteiger partial charge in [-0.05, 0) is 48.5 Å². The van der Waals surface area contributed by atoms with E-state index < -0.39 is 17.9 Å². The fourth-order valence-electron chi connectivity index (χ4n) is 3.16. The predicted molar refractivity (Wildman–Crippen MR) is 108 cm³/mol. The summed E-state index contributed by atoms with van der Waals surface area (Å²) in [6, 6.07) is 15.8. The fraction of sp³-hybridized carbons (Fsp3) is 0.0476. The van der Waals surface area contributed by atoms with E-state index >= 15 is 0 Å². The number of carbonyl (C=O) groups is 3. The van der Waals surface area contributed by atoms with Gasteiger partial charge in [0.15, 0.2) is 0 Å². The normalized spacial score (nSPS) is 13.7. The first-order valence-corrected chi connectivity index (χ1v) is 9.03. The van der Waals surface area contributed by atoms with Crippen molar-refractivity contribution in [1.82, 2.24) is 4.57 Å². The van der Waals surface area contributed by atoms with Crippen LogP contribution in [0, 0.1) is 0 Å². The van der Waals surface area contributed by atoms with Crippen LogP contribution in [0.4, 0.5) is 10.5 Å². The third-order valence-corrected chi connectivity index (χ3v) is 4.73. The second kappa shape index (κ2) is 7.37. The highest BCUT2D eigenvalue weighted by Crippen LogP contribution is 2.24. The Hall–Kier alpha value is -3.71. The molecule has 0 atom stereocenters. The van der Waals surface area contributed by atoms with Crippen molar-refractivity contribution in [3.8, 4) is 5.69 Å². The molecule has 0 saturated carbocycles.